The Kier molecular flexibility index (Phi) is 5.64. The molecule has 1 heterocycles. The molecule has 2 aromatic rings. The summed E-state index contributed by atoms with van der Waals surface area (Å²) in [6, 6.07) is 4.33. The molecule has 0 aliphatic rings. The maximum atomic E-state index is 14.1. The van der Waals surface area contributed by atoms with Gasteiger partial charge in [0.1, 0.15) is 23.0 Å². The highest BCUT2D eigenvalue weighted by Gasteiger charge is 2.13. The molecule has 0 atom stereocenters. The van der Waals surface area contributed by atoms with E-state index in [4.69, 9.17) is 0 Å². The first-order chi connectivity index (χ1) is 10.1. The molecule has 1 aromatic carbocycles. The van der Waals surface area contributed by atoms with E-state index in [2.05, 4.69) is 29.1 Å². The van der Waals surface area contributed by atoms with Gasteiger partial charge < -0.3 is 5.32 Å². The van der Waals surface area contributed by atoms with Gasteiger partial charge in [0.25, 0.3) is 0 Å². The van der Waals surface area contributed by atoms with Crippen LogP contribution in [0.1, 0.15) is 19.4 Å². The van der Waals surface area contributed by atoms with Crippen molar-refractivity contribution >= 4 is 11.8 Å². The zero-order chi connectivity index (χ0) is 15.2. The summed E-state index contributed by atoms with van der Waals surface area (Å²) < 4.78 is 28.1. The lowest BCUT2D eigenvalue weighted by Crippen LogP contribution is -2.19. The number of rotatable bonds is 6. The zero-order valence-corrected chi connectivity index (χ0v) is 12.8. The molecule has 0 aliphatic carbocycles. The Morgan fingerprint density at radius 3 is 2.52 bits per heavy atom. The second kappa shape index (κ2) is 7.47. The predicted molar refractivity (Wildman–Crippen MR) is 79.1 cm³/mol. The van der Waals surface area contributed by atoms with Gasteiger partial charge in [-0.3, -0.25) is 0 Å². The van der Waals surface area contributed by atoms with E-state index >= 15 is 0 Å². The Labute approximate surface area is 127 Å². The lowest BCUT2D eigenvalue weighted by atomic mass is 10.2. The summed E-state index contributed by atoms with van der Waals surface area (Å²) >= 11 is 0.957. The number of nitrogens with one attached hydrogen (secondary N) is 1. The van der Waals surface area contributed by atoms with E-state index in [1.807, 2.05) is 0 Å². The molecule has 0 aliphatic heterocycles. The van der Waals surface area contributed by atoms with Crippen molar-refractivity contribution in [3.63, 3.8) is 0 Å². The number of aromatic nitrogens is 2. The molecule has 0 unspecified atom stereocenters. The molecule has 112 valence electrons. The largest absolute Gasteiger partial charge is 0.312 e. The molecule has 1 N–H and O–H groups in total. The van der Waals surface area contributed by atoms with Gasteiger partial charge in [0.2, 0.25) is 0 Å². The van der Waals surface area contributed by atoms with Crippen molar-refractivity contribution < 1.29 is 8.78 Å². The average molecular weight is 309 g/mol. The van der Waals surface area contributed by atoms with E-state index in [-0.39, 0.29) is 4.90 Å². The minimum absolute atomic E-state index is 0.0405. The fraction of sp³-hybridized carbons (Fsp3) is 0.333. The molecule has 6 heteroatoms. The molecule has 0 fully saturated rings. The fourth-order valence-corrected chi connectivity index (χ4v) is 2.51. The van der Waals surface area contributed by atoms with Crippen LogP contribution in [-0.2, 0) is 6.54 Å². The smallest absolute Gasteiger partial charge is 0.140 e. The number of hydrogen-bond donors (Lipinski definition) is 1. The highest BCUT2D eigenvalue weighted by molar-refractivity contribution is 7.99. The molecule has 0 spiro atoms. The fourth-order valence-electron chi connectivity index (χ4n) is 1.76. The van der Waals surface area contributed by atoms with Gasteiger partial charge in [-0.25, -0.2) is 18.7 Å². The first-order valence-corrected chi connectivity index (χ1v) is 7.50. The van der Waals surface area contributed by atoms with E-state index in [1.54, 1.807) is 6.07 Å². The minimum Gasteiger partial charge on any atom is -0.312 e. The summed E-state index contributed by atoms with van der Waals surface area (Å²) in [4.78, 5) is 7.69. The first-order valence-electron chi connectivity index (χ1n) is 6.68. The third kappa shape index (κ3) is 4.75. The third-order valence-corrected chi connectivity index (χ3v) is 3.75. The van der Waals surface area contributed by atoms with E-state index < -0.39 is 11.6 Å². The van der Waals surface area contributed by atoms with Gasteiger partial charge in [-0.2, -0.15) is 0 Å². The van der Waals surface area contributed by atoms with Crippen LogP contribution in [0.2, 0.25) is 0 Å². The SMILES string of the molecule is CC(C)CNCc1cc(F)c(Sc2ccncn2)c(F)c1. The number of hydrogen-bond acceptors (Lipinski definition) is 4. The maximum absolute atomic E-state index is 14.1. The van der Waals surface area contributed by atoms with Crippen LogP contribution in [0.3, 0.4) is 0 Å². The second-order valence-corrected chi connectivity index (χ2v) is 6.09. The lowest BCUT2D eigenvalue weighted by Gasteiger charge is -2.10. The summed E-state index contributed by atoms with van der Waals surface area (Å²) in [6.45, 7) is 5.41. The first kappa shape index (κ1) is 15.9. The average Bonchev–Trinajstić information content (AvgIpc) is 2.44. The predicted octanol–water partition coefficient (Wildman–Crippen LogP) is 3.65. The lowest BCUT2D eigenvalue weighted by molar-refractivity contribution is 0.525. The Morgan fingerprint density at radius 1 is 1.24 bits per heavy atom. The molecule has 0 saturated heterocycles. The number of nitrogens with zero attached hydrogens (tertiary/aromatic N) is 2. The summed E-state index contributed by atoms with van der Waals surface area (Å²) in [6.07, 6.45) is 2.89. The topological polar surface area (TPSA) is 37.8 Å². The van der Waals surface area contributed by atoms with Crippen LogP contribution in [-0.4, -0.2) is 16.5 Å². The highest BCUT2D eigenvalue weighted by atomic mass is 32.2. The molecule has 0 saturated carbocycles. The van der Waals surface area contributed by atoms with Gasteiger partial charge in [-0.05, 0) is 36.2 Å². The molecule has 2 rings (SSSR count). The highest BCUT2D eigenvalue weighted by Crippen LogP contribution is 2.31. The van der Waals surface area contributed by atoms with Crippen LogP contribution in [0.4, 0.5) is 8.78 Å². The van der Waals surface area contributed by atoms with Gasteiger partial charge in [0.05, 0.1) is 4.90 Å². The van der Waals surface area contributed by atoms with Crippen LogP contribution in [0, 0.1) is 17.6 Å². The summed E-state index contributed by atoms with van der Waals surface area (Å²) in [7, 11) is 0. The van der Waals surface area contributed by atoms with Crippen molar-refractivity contribution in [2.24, 2.45) is 5.92 Å². The third-order valence-electron chi connectivity index (χ3n) is 2.70. The van der Waals surface area contributed by atoms with Gasteiger partial charge in [-0.15, -0.1) is 0 Å². The van der Waals surface area contributed by atoms with Crippen molar-refractivity contribution in [1.29, 1.82) is 0 Å². The van der Waals surface area contributed by atoms with E-state index in [0.717, 1.165) is 18.3 Å². The zero-order valence-electron chi connectivity index (χ0n) is 11.9. The van der Waals surface area contributed by atoms with E-state index in [0.29, 0.717) is 23.1 Å². The normalized spacial score (nSPS) is 11.1. The molecule has 1 aromatic heterocycles. The molecular weight excluding hydrogens is 292 g/mol. The van der Waals surface area contributed by atoms with Gasteiger partial charge in [0, 0.05) is 12.7 Å². The number of benzene rings is 1. The molecule has 0 radical (unpaired) electrons. The van der Waals surface area contributed by atoms with E-state index in [1.165, 1.54) is 24.7 Å². The number of halogens is 2. The van der Waals surface area contributed by atoms with E-state index in [9.17, 15) is 8.78 Å². The van der Waals surface area contributed by atoms with Gasteiger partial charge in [-0.1, -0.05) is 25.6 Å². The monoisotopic (exact) mass is 309 g/mol. The minimum atomic E-state index is -0.569. The Balaban J connectivity index is 2.10. The summed E-state index contributed by atoms with van der Waals surface area (Å²) in [5.41, 5.74) is 0.595. The Bertz CT molecular complexity index is 568. The summed E-state index contributed by atoms with van der Waals surface area (Å²) in [5, 5.41) is 3.67. The van der Waals surface area contributed by atoms with Crippen molar-refractivity contribution in [3.05, 3.63) is 47.9 Å². The van der Waals surface area contributed by atoms with Crippen molar-refractivity contribution in [2.45, 2.75) is 30.3 Å². The van der Waals surface area contributed by atoms with Gasteiger partial charge >= 0.3 is 0 Å². The summed E-state index contributed by atoms with van der Waals surface area (Å²) in [5.74, 6) is -0.646. The van der Waals surface area contributed by atoms with Crippen molar-refractivity contribution in [3.8, 4) is 0 Å². The maximum Gasteiger partial charge on any atom is 0.140 e. The second-order valence-electron chi connectivity index (χ2n) is 5.06. The van der Waals surface area contributed by atoms with Crippen molar-refractivity contribution in [1.82, 2.24) is 15.3 Å². The standard InChI is InChI=1S/C15H17F2N3S/c1-10(2)7-19-8-11-5-12(16)15(13(17)6-11)21-14-3-4-18-9-20-14/h3-6,9-10,19H,7-8H2,1-2H3. The van der Waals surface area contributed by atoms with Crippen LogP contribution in [0.15, 0.2) is 40.6 Å². The molecule has 0 amide bonds. The van der Waals surface area contributed by atoms with Crippen molar-refractivity contribution in [2.75, 3.05) is 6.54 Å². The molecule has 21 heavy (non-hydrogen) atoms. The molecular formula is C15H17F2N3S. The van der Waals surface area contributed by atoms with Crippen LogP contribution >= 0.6 is 11.8 Å². The molecule has 3 nitrogen and oxygen atoms in total. The van der Waals surface area contributed by atoms with Crippen LogP contribution < -0.4 is 5.32 Å². The Morgan fingerprint density at radius 2 is 1.95 bits per heavy atom. The van der Waals surface area contributed by atoms with Gasteiger partial charge in [0.15, 0.2) is 0 Å². The van der Waals surface area contributed by atoms with Crippen LogP contribution in [0.5, 0.6) is 0 Å². The Hall–Kier alpha value is -1.53. The quantitative estimate of drug-likeness (QED) is 0.827. The molecule has 0 bridgehead atoms. The van der Waals surface area contributed by atoms with Crippen LogP contribution in [0.25, 0.3) is 0 Å².